The van der Waals surface area contributed by atoms with Gasteiger partial charge in [0.15, 0.2) is 0 Å². The highest BCUT2D eigenvalue weighted by Crippen LogP contribution is 2.46. The molecule has 4 atom stereocenters. The first-order valence-electron chi connectivity index (χ1n) is 7.27. The molecule has 126 valence electrons. The zero-order chi connectivity index (χ0) is 17.5. The normalized spacial score (nSPS) is 30.2. The molecule has 2 aliphatic rings. The molecule has 0 aromatic heterocycles. The first-order chi connectivity index (χ1) is 11.3. The molecule has 2 amide bonds. The van der Waals surface area contributed by atoms with E-state index in [1.807, 2.05) is 0 Å². The molecule has 1 aromatic rings. The van der Waals surface area contributed by atoms with Crippen LogP contribution in [0.25, 0.3) is 0 Å². The second-order valence-corrected chi connectivity index (χ2v) is 6.35. The smallest absolute Gasteiger partial charge is 0.310 e. The van der Waals surface area contributed by atoms with Gasteiger partial charge in [0, 0.05) is 10.6 Å². The molecule has 8 heteroatoms. The number of carboxylic acids is 1. The van der Waals surface area contributed by atoms with Crippen LogP contribution in [-0.4, -0.2) is 34.6 Å². The first kappa shape index (κ1) is 16.5. The maximum atomic E-state index is 12.4. The molecule has 2 bridgehead atoms. The molecule has 2 aliphatic heterocycles. The zero-order valence-corrected chi connectivity index (χ0v) is 13.4. The summed E-state index contributed by atoms with van der Waals surface area (Å²) in [5, 5.41) is 9.84. The third-order valence-corrected chi connectivity index (χ3v) is 4.56. The lowest BCUT2D eigenvalue weighted by Gasteiger charge is -2.27. The van der Waals surface area contributed by atoms with Crippen molar-refractivity contribution >= 4 is 29.4 Å². The minimum absolute atomic E-state index is 0.310. The number of aliphatic carboxylic acids is 1. The SMILES string of the molecule is CC12C=CC(O1)C(C(=O)O)C2C(=O)NNC(=O)c1ccc(Cl)cc1. The van der Waals surface area contributed by atoms with E-state index in [0.29, 0.717) is 10.6 Å². The largest absolute Gasteiger partial charge is 0.481 e. The molecule has 3 rings (SSSR count). The van der Waals surface area contributed by atoms with Crippen LogP contribution in [0.2, 0.25) is 5.02 Å². The van der Waals surface area contributed by atoms with E-state index >= 15 is 0 Å². The van der Waals surface area contributed by atoms with Crippen molar-refractivity contribution in [3.05, 3.63) is 47.0 Å². The number of fused-ring (bicyclic) bond motifs is 2. The number of carboxylic acid groups (broad SMARTS) is 1. The number of hydrazine groups is 1. The lowest BCUT2D eigenvalue weighted by Crippen LogP contribution is -2.52. The minimum Gasteiger partial charge on any atom is -0.481 e. The van der Waals surface area contributed by atoms with Crippen molar-refractivity contribution in [1.29, 1.82) is 0 Å². The summed E-state index contributed by atoms with van der Waals surface area (Å²) in [6, 6.07) is 6.12. The average molecular weight is 351 g/mol. The summed E-state index contributed by atoms with van der Waals surface area (Å²) in [5.41, 5.74) is 3.87. The van der Waals surface area contributed by atoms with Gasteiger partial charge >= 0.3 is 5.97 Å². The van der Waals surface area contributed by atoms with Gasteiger partial charge in [-0.1, -0.05) is 23.8 Å². The Morgan fingerprint density at radius 3 is 2.50 bits per heavy atom. The van der Waals surface area contributed by atoms with Gasteiger partial charge in [0.1, 0.15) is 5.92 Å². The lowest BCUT2D eigenvalue weighted by atomic mass is 9.76. The van der Waals surface area contributed by atoms with E-state index < -0.39 is 41.3 Å². The molecule has 4 unspecified atom stereocenters. The van der Waals surface area contributed by atoms with Gasteiger partial charge < -0.3 is 9.84 Å². The Labute approximate surface area is 142 Å². The Hall–Kier alpha value is -2.38. The van der Waals surface area contributed by atoms with Crippen LogP contribution < -0.4 is 10.9 Å². The van der Waals surface area contributed by atoms with Crippen LogP contribution in [0.4, 0.5) is 0 Å². The molecule has 0 saturated carbocycles. The van der Waals surface area contributed by atoms with Crippen LogP contribution >= 0.6 is 11.6 Å². The Morgan fingerprint density at radius 2 is 1.88 bits per heavy atom. The van der Waals surface area contributed by atoms with Crippen molar-refractivity contribution in [3.8, 4) is 0 Å². The number of benzene rings is 1. The van der Waals surface area contributed by atoms with Crippen LogP contribution in [0, 0.1) is 11.8 Å². The standard InChI is InChI=1S/C16H15ClN2O5/c1-16-7-6-10(24-16)11(15(22)23)12(16)14(21)19-18-13(20)8-2-4-9(17)5-3-8/h2-7,10-12H,1H3,(H,18,20)(H,19,21)(H,22,23). The van der Waals surface area contributed by atoms with Gasteiger partial charge in [-0.05, 0) is 31.2 Å². The van der Waals surface area contributed by atoms with E-state index in [4.69, 9.17) is 16.3 Å². The van der Waals surface area contributed by atoms with E-state index in [9.17, 15) is 19.5 Å². The second kappa shape index (κ2) is 5.92. The summed E-state index contributed by atoms with van der Waals surface area (Å²) in [5.74, 6) is -4.18. The summed E-state index contributed by atoms with van der Waals surface area (Å²) < 4.78 is 5.59. The summed E-state index contributed by atoms with van der Waals surface area (Å²) in [6.45, 7) is 1.65. The highest BCUT2D eigenvalue weighted by atomic mass is 35.5. The molecular formula is C16H15ClN2O5. The highest BCUT2D eigenvalue weighted by Gasteiger charge is 2.59. The molecule has 1 saturated heterocycles. The topological polar surface area (TPSA) is 105 Å². The zero-order valence-electron chi connectivity index (χ0n) is 12.7. The van der Waals surface area contributed by atoms with Crippen LogP contribution in [0.1, 0.15) is 17.3 Å². The highest BCUT2D eigenvalue weighted by molar-refractivity contribution is 6.30. The monoisotopic (exact) mass is 350 g/mol. The van der Waals surface area contributed by atoms with Gasteiger partial charge in [-0.2, -0.15) is 0 Å². The fourth-order valence-electron chi connectivity index (χ4n) is 3.15. The molecular weight excluding hydrogens is 336 g/mol. The Kier molecular flexibility index (Phi) is 4.06. The molecule has 0 spiro atoms. The van der Waals surface area contributed by atoms with Gasteiger partial charge in [-0.25, -0.2) is 0 Å². The second-order valence-electron chi connectivity index (χ2n) is 5.92. The summed E-state index contributed by atoms with van der Waals surface area (Å²) in [7, 11) is 0. The number of ether oxygens (including phenoxy) is 1. The van der Waals surface area contributed by atoms with Gasteiger partial charge in [-0.15, -0.1) is 0 Å². The Morgan fingerprint density at radius 1 is 1.21 bits per heavy atom. The predicted octanol–water partition coefficient (Wildman–Crippen LogP) is 1.15. The molecule has 1 aromatic carbocycles. The predicted molar refractivity (Wildman–Crippen MR) is 84.1 cm³/mol. The number of hydrogen-bond donors (Lipinski definition) is 3. The van der Waals surface area contributed by atoms with E-state index in [-0.39, 0.29) is 0 Å². The fourth-order valence-corrected chi connectivity index (χ4v) is 3.28. The van der Waals surface area contributed by atoms with Crippen LogP contribution in [0.3, 0.4) is 0 Å². The first-order valence-corrected chi connectivity index (χ1v) is 7.65. The summed E-state index contributed by atoms with van der Waals surface area (Å²) >= 11 is 5.75. The fraction of sp³-hybridized carbons (Fsp3) is 0.312. The van der Waals surface area contributed by atoms with E-state index in [0.717, 1.165) is 0 Å². The average Bonchev–Trinajstić information content (AvgIpc) is 3.06. The number of hydrogen-bond acceptors (Lipinski definition) is 4. The molecule has 2 heterocycles. The third kappa shape index (κ3) is 2.76. The Bertz CT molecular complexity index is 732. The van der Waals surface area contributed by atoms with Crippen molar-refractivity contribution < 1.29 is 24.2 Å². The van der Waals surface area contributed by atoms with Gasteiger partial charge in [0.05, 0.1) is 17.6 Å². The van der Waals surface area contributed by atoms with Crippen molar-refractivity contribution in [2.45, 2.75) is 18.6 Å². The quantitative estimate of drug-likeness (QED) is 0.560. The molecule has 3 N–H and O–H groups in total. The molecule has 0 aliphatic carbocycles. The van der Waals surface area contributed by atoms with Crippen molar-refractivity contribution in [1.82, 2.24) is 10.9 Å². The number of halogens is 1. The maximum Gasteiger partial charge on any atom is 0.310 e. The molecule has 1 fully saturated rings. The van der Waals surface area contributed by atoms with Crippen LogP contribution in [0.5, 0.6) is 0 Å². The lowest BCUT2D eigenvalue weighted by molar-refractivity contribution is -0.147. The Balaban J connectivity index is 1.68. The van der Waals surface area contributed by atoms with Crippen LogP contribution in [-0.2, 0) is 14.3 Å². The van der Waals surface area contributed by atoms with Crippen molar-refractivity contribution in [3.63, 3.8) is 0 Å². The van der Waals surface area contributed by atoms with Crippen LogP contribution in [0.15, 0.2) is 36.4 Å². The summed E-state index contributed by atoms with van der Waals surface area (Å²) in [4.78, 5) is 35.9. The van der Waals surface area contributed by atoms with Crippen molar-refractivity contribution in [2.75, 3.05) is 0 Å². The van der Waals surface area contributed by atoms with E-state index in [1.54, 1.807) is 31.2 Å². The number of carbonyl (C=O) groups is 3. The molecule has 0 radical (unpaired) electrons. The molecule has 7 nitrogen and oxygen atoms in total. The molecule has 24 heavy (non-hydrogen) atoms. The van der Waals surface area contributed by atoms with E-state index in [2.05, 4.69) is 10.9 Å². The summed E-state index contributed by atoms with van der Waals surface area (Å²) in [6.07, 6.45) is 2.69. The number of rotatable bonds is 3. The maximum absolute atomic E-state index is 12.4. The number of amides is 2. The van der Waals surface area contributed by atoms with Gasteiger partial charge in [-0.3, -0.25) is 25.2 Å². The minimum atomic E-state index is -1.11. The van der Waals surface area contributed by atoms with Gasteiger partial charge in [0.25, 0.3) is 5.91 Å². The third-order valence-electron chi connectivity index (χ3n) is 4.31. The van der Waals surface area contributed by atoms with E-state index in [1.165, 1.54) is 12.1 Å². The number of carbonyl (C=O) groups excluding carboxylic acids is 2. The van der Waals surface area contributed by atoms with Gasteiger partial charge in [0.2, 0.25) is 5.91 Å². The number of nitrogens with one attached hydrogen (secondary N) is 2. The van der Waals surface area contributed by atoms with Crippen molar-refractivity contribution in [2.24, 2.45) is 11.8 Å².